The standard InChI is InChI=1S/C19H16BrN3O4S/c20-12-5-6-16-21-13(9-17(24)23(16)10-12)11-27-19(26)14-3-1-7-22(14)18(25)15-4-2-8-28-15/h2,4-6,8-10,14H,1,3,7,11H2/t14-/m1/s1. The molecule has 0 aromatic carbocycles. The Morgan fingerprint density at radius 3 is 2.96 bits per heavy atom. The second kappa shape index (κ2) is 7.84. The third-order valence-corrected chi connectivity index (χ3v) is 5.88. The summed E-state index contributed by atoms with van der Waals surface area (Å²) in [5.41, 5.74) is 0.583. The molecule has 0 spiro atoms. The van der Waals surface area contributed by atoms with Crippen LogP contribution in [0.1, 0.15) is 28.2 Å². The summed E-state index contributed by atoms with van der Waals surface area (Å²) in [4.78, 5) is 43.9. The van der Waals surface area contributed by atoms with Crippen molar-refractivity contribution in [2.75, 3.05) is 6.54 Å². The molecule has 3 aromatic rings. The highest BCUT2D eigenvalue weighted by atomic mass is 79.9. The van der Waals surface area contributed by atoms with Crippen molar-refractivity contribution < 1.29 is 14.3 Å². The Labute approximate surface area is 172 Å². The third-order valence-electron chi connectivity index (χ3n) is 4.56. The van der Waals surface area contributed by atoms with E-state index in [2.05, 4.69) is 20.9 Å². The summed E-state index contributed by atoms with van der Waals surface area (Å²) in [6, 6.07) is 7.78. The lowest BCUT2D eigenvalue weighted by Gasteiger charge is -2.22. The van der Waals surface area contributed by atoms with Gasteiger partial charge in [0.1, 0.15) is 18.3 Å². The van der Waals surface area contributed by atoms with E-state index in [0.29, 0.717) is 29.2 Å². The maximum absolute atomic E-state index is 12.6. The molecule has 1 amide bonds. The molecular weight excluding hydrogens is 446 g/mol. The maximum atomic E-state index is 12.6. The molecule has 7 nitrogen and oxygen atoms in total. The molecule has 1 aliphatic heterocycles. The SMILES string of the molecule is O=C(OCc1cc(=O)n2cc(Br)ccc2n1)[C@H]1CCCN1C(=O)c1cccs1. The van der Waals surface area contributed by atoms with Crippen molar-refractivity contribution in [1.29, 1.82) is 0 Å². The zero-order valence-electron chi connectivity index (χ0n) is 14.7. The molecule has 0 unspecified atom stereocenters. The van der Waals surface area contributed by atoms with Crippen LogP contribution in [-0.4, -0.2) is 38.7 Å². The first-order chi connectivity index (χ1) is 13.5. The van der Waals surface area contributed by atoms with E-state index in [1.807, 2.05) is 11.4 Å². The molecule has 3 aromatic heterocycles. The predicted octanol–water partition coefficient (Wildman–Crippen LogP) is 2.87. The quantitative estimate of drug-likeness (QED) is 0.558. The summed E-state index contributed by atoms with van der Waals surface area (Å²) in [6.45, 7) is 0.416. The molecule has 1 saturated heterocycles. The summed E-state index contributed by atoms with van der Waals surface area (Å²) < 4.78 is 7.56. The average molecular weight is 462 g/mol. The molecular formula is C19H16BrN3O4S. The fourth-order valence-electron chi connectivity index (χ4n) is 3.24. The molecule has 9 heteroatoms. The van der Waals surface area contributed by atoms with Gasteiger partial charge >= 0.3 is 5.97 Å². The molecule has 4 rings (SSSR count). The lowest BCUT2D eigenvalue weighted by atomic mass is 10.2. The van der Waals surface area contributed by atoms with Gasteiger partial charge in [-0.1, -0.05) is 6.07 Å². The molecule has 1 aliphatic rings. The smallest absolute Gasteiger partial charge is 0.329 e. The number of aromatic nitrogens is 2. The number of amides is 1. The number of rotatable bonds is 4. The van der Waals surface area contributed by atoms with Crippen LogP contribution >= 0.6 is 27.3 Å². The van der Waals surface area contributed by atoms with E-state index in [4.69, 9.17) is 4.74 Å². The zero-order valence-corrected chi connectivity index (χ0v) is 17.1. The molecule has 28 heavy (non-hydrogen) atoms. The van der Waals surface area contributed by atoms with Crippen LogP contribution in [0.4, 0.5) is 0 Å². The monoisotopic (exact) mass is 461 g/mol. The fourth-order valence-corrected chi connectivity index (χ4v) is 4.25. The van der Waals surface area contributed by atoms with Gasteiger partial charge in [0.2, 0.25) is 0 Å². The average Bonchev–Trinajstić information content (AvgIpc) is 3.38. The van der Waals surface area contributed by atoms with Crippen molar-refractivity contribution in [3.8, 4) is 0 Å². The maximum Gasteiger partial charge on any atom is 0.329 e. The lowest BCUT2D eigenvalue weighted by molar-refractivity contribution is -0.149. The van der Waals surface area contributed by atoms with E-state index in [9.17, 15) is 14.4 Å². The number of likely N-dealkylation sites (tertiary alicyclic amines) is 1. The summed E-state index contributed by atoms with van der Waals surface area (Å²) in [6.07, 6.45) is 2.95. The van der Waals surface area contributed by atoms with Gasteiger partial charge in [0, 0.05) is 23.3 Å². The third kappa shape index (κ3) is 3.72. The van der Waals surface area contributed by atoms with E-state index >= 15 is 0 Å². The number of esters is 1. The van der Waals surface area contributed by atoms with Crippen LogP contribution in [0.25, 0.3) is 5.65 Å². The number of nitrogens with zero attached hydrogens (tertiary/aromatic N) is 3. The van der Waals surface area contributed by atoms with Gasteiger partial charge in [-0.25, -0.2) is 9.78 Å². The van der Waals surface area contributed by atoms with Gasteiger partial charge in [0.15, 0.2) is 0 Å². The minimum Gasteiger partial charge on any atom is -0.458 e. The first-order valence-electron chi connectivity index (χ1n) is 8.72. The van der Waals surface area contributed by atoms with Gasteiger partial charge in [-0.2, -0.15) is 0 Å². The molecule has 0 bridgehead atoms. The van der Waals surface area contributed by atoms with Crippen molar-refractivity contribution in [3.63, 3.8) is 0 Å². The van der Waals surface area contributed by atoms with Crippen molar-refractivity contribution in [3.05, 3.63) is 67.3 Å². The molecule has 1 fully saturated rings. The van der Waals surface area contributed by atoms with Gasteiger partial charge < -0.3 is 9.64 Å². The van der Waals surface area contributed by atoms with Crippen molar-refractivity contribution in [2.45, 2.75) is 25.5 Å². The van der Waals surface area contributed by atoms with E-state index < -0.39 is 12.0 Å². The number of hydrogen-bond donors (Lipinski definition) is 0. The molecule has 0 saturated carbocycles. The summed E-state index contributed by atoms with van der Waals surface area (Å²) in [5, 5.41) is 1.83. The fraction of sp³-hybridized carbons (Fsp3) is 0.263. The molecule has 144 valence electrons. The van der Waals surface area contributed by atoms with Crippen LogP contribution in [0.15, 0.2) is 51.2 Å². The predicted molar refractivity (Wildman–Crippen MR) is 107 cm³/mol. The number of carbonyl (C=O) groups excluding carboxylic acids is 2. The van der Waals surface area contributed by atoms with Crippen molar-refractivity contribution >= 4 is 44.8 Å². The Hall–Kier alpha value is -2.52. The zero-order chi connectivity index (χ0) is 19.7. The van der Waals surface area contributed by atoms with Crippen LogP contribution in [0.2, 0.25) is 0 Å². The van der Waals surface area contributed by atoms with E-state index in [-0.39, 0.29) is 18.1 Å². The number of halogens is 1. The minimum absolute atomic E-state index is 0.113. The number of ether oxygens (including phenoxy) is 1. The Bertz CT molecular complexity index is 1100. The second-order valence-corrected chi connectivity index (χ2v) is 8.27. The first kappa shape index (κ1) is 18.8. The van der Waals surface area contributed by atoms with Crippen LogP contribution in [0.3, 0.4) is 0 Å². The number of fused-ring (bicyclic) bond motifs is 1. The summed E-state index contributed by atoms with van der Waals surface area (Å²) in [7, 11) is 0. The van der Waals surface area contributed by atoms with E-state index in [1.54, 1.807) is 29.3 Å². The van der Waals surface area contributed by atoms with E-state index in [1.165, 1.54) is 21.8 Å². The number of pyridine rings is 1. The molecule has 4 heterocycles. The number of hydrogen-bond acceptors (Lipinski definition) is 6. The molecule has 1 atom stereocenters. The van der Waals surface area contributed by atoms with Crippen molar-refractivity contribution in [1.82, 2.24) is 14.3 Å². The highest BCUT2D eigenvalue weighted by Crippen LogP contribution is 2.23. The molecule has 0 N–H and O–H groups in total. The largest absolute Gasteiger partial charge is 0.458 e. The van der Waals surface area contributed by atoms with Gasteiger partial charge in [-0.3, -0.25) is 14.0 Å². The van der Waals surface area contributed by atoms with Crippen LogP contribution in [-0.2, 0) is 16.1 Å². The summed E-state index contributed by atoms with van der Waals surface area (Å²) >= 11 is 4.67. The first-order valence-corrected chi connectivity index (χ1v) is 10.4. The van der Waals surface area contributed by atoms with Crippen LogP contribution < -0.4 is 5.56 Å². The Morgan fingerprint density at radius 1 is 1.32 bits per heavy atom. The Kier molecular flexibility index (Phi) is 5.27. The molecule has 0 radical (unpaired) electrons. The van der Waals surface area contributed by atoms with Gasteiger partial charge in [0.25, 0.3) is 11.5 Å². The topological polar surface area (TPSA) is 81.0 Å². The Morgan fingerprint density at radius 2 is 2.18 bits per heavy atom. The lowest BCUT2D eigenvalue weighted by Crippen LogP contribution is -2.41. The minimum atomic E-state index is -0.605. The second-order valence-electron chi connectivity index (χ2n) is 6.40. The normalized spacial score (nSPS) is 16.5. The summed E-state index contributed by atoms with van der Waals surface area (Å²) in [5.74, 6) is -0.623. The van der Waals surface area contributed by atoms with Gasteiger partial charge in [0.05, 0.1) is 10.6 Å². The van der Waals surface area contributed by atoms with Gasteiger partial charge in [-0.15, -0.1) is 11.3 Å². The molecule has 0 aliphatic carbocycles. The highest BCUT2D eigenvalue weighted by Gasteiger charge is 2.36. The number of thiophene rings is 1. The Balaban J connectivity index is 1.46. The highest BCUT2D eigenvalue weighted by molar-refractivity contribution is 9.10. The van der Waals surface area contributed by atoms with Crippen molar-refractivity contribution in [2.24, 2.45) is 0 Å². The van der Waals surface area contributed by atoms with Crippen LogP contribution in [0, 0.1) is 0 Å². The van der Waals surface area contributed by atoms with Crippen LogP contribution in [0.5, 0.6) is 0 Å². The van der Waals surface area contributed by atoms with Gasteiger partial charge in [-0.05, 0) is 52.4 Å². The van der Waals surface area contributed by atoms with E-state index in [0.717, 1.165) is 10.9 Å². The number of carbonyl (C=O) groups is 2.